The molecule has 0 aliphatic heterocycles. The van der Waals surface area contributed by atoms with Gasteiger partial charge in [0.25, 0.3) is 0 Å². The fraction of sp³-hybridized carbons (Fsp3) is 0.0769. The van der Waals surface area contributed by atoms with Crippen molar-refractivity contribution >= 4 is 44.5 Å². The van der Waals surface area contributed by atoms with E-state index in [1.807, 2.05) is 0 Å². The van der Waals surface area contributed by atoms with E-state index in [-0.39, 0.29) is 60.9 Å². The van der Waals surface area contributed by atoms with E-state index in [9.17, 15) is 34.5 Å². The number of carbonyl (C=O) groups is 2. The minimum Gasteiger partial charge on any atom is -0.508 e. The maximum absolute atomic E-state index is 13.4. The zero-order valence-corrected chi connectivity index (χ0v) is 18.3. The molecule has 5 aromatic rings. The quantitative estimate of drug-likeness (QED) is 0.199. The van der Waals surface area contributed by atoms with Gasteiger partial charge in [0.2, 0.25) is 10.9 Å². The topological polar surface area (TPSA) is 155 Å². The van der Waals surface area contributed by atoms with Gasteiger partial charge in [-0.05, 0) is 44.2 Å². The first-order valence-electron chi connectivity index (χ1n) is 10.3. The van der Waals surface area contributed by atoms with Crippen molar-refractivity contribution in [3.63, 3.8) is 0 Å². The molecule has 0 radical (unpaired) electrons. The largest absolute Gasteiger partial charge is 0.508 e. The summed E-state index contributed by atoms with van der Waals surface area (Å²) in [7, 11) is 0. The second-order valence-corrected chi connectivity index (χ2v) is 8.09. The number of rotatable bonds is 3. The predicted octanol–water partition coefficient (Wildman–Crippen LogP) is 4.24. The summed E-state index contributed by atoms with van der Waals surface area (Å²) in [5.74, 6) is -2.40. The number of aromatic hydroxyl groups is 3. The summed E-state index contributed by atoms with van der Waals surface area (Å²) in [6.45, 7) is 2.41. The number of Topliss-reactive ketones (excluding diaryl/α,β-unsaturated/α-hetero) is 2. The molecule has 2 heterocycles. The van der Waals surface area contributed by atoms with Crippen molar-refractivity contribution in [1.29, 1.82) is 0 Å². The molecule has 0 fully saturated rings. The average Bonchev–Trinajstić information content (AvgIpc) is 2.80. The molecule has 2 aromatic heterocycles. The summed E-state index contributed by atoms with van der Waals surface area (Å²) in [5, 5.41) is 29.4. The maximum atomic E-state index is 13.4. The van der Waals surface area contributed by atoms with E-state index in [4.69, 9.17) is 8.83 Å². The molecule has 0 saturated heterocycles. The van der Waals surface area contributed by atoms with Crippen molar-refractivity contribution in [1.82, 2.24) is 0 Å². The molecule has 35 heavy (non-hydrogen) atoms. The average molecular weight is 472 g/mol. The van der Waals surface area contributed by atoms with Crippen LogP contribution in [0.1, 0.15) is 34.6 Å². The Morgan fingerprint density at radius 1 is 0.771 bits per heavy atom. The van der Waals surface area contributed by atoms with Crippen LogP contribution in [0.2, 0.25) is 0 Å². The zero-order chi connectivity index (χ0) is 25.2. The lowest BCUT2D eigenvalue weighted by Gasteiger charge is -2.15. The Bertz CT molecular complexity index is 1870. The fourth-order valence-corrected chi connectivity index (χ4v) is 4.20. The van der Waals surface area contributed by atoms with E-state index in [2.05, 4.69) is 0 Å². The van der Waals surface area contributed by atoms with Gasteiger partial charge in [0.15, 0.2) is 23.1 Å². The lowest BCUT2D eigenvalue weighted by atomic mass is 9.88. The number of hydrogen-bond acceptors (Lipinski definition) is 9. The number of benzene rings is 3. The lowest BCUT2D eigenvalue weighted by molar-refractivity contribution is 0.101. The second-order valence-electron chi connectivity index (χ2n) is 8.09. The molecule has 0 atom stereocenters. The highest BCUT2D eigenvalue weighted by atomic mass is 16.3. The van der Waals surface area contributed by atoms with Crippen LogP contribution in [-0.2, 0) is 0 Å². The molecule has 174 valence electrons. The smallest absolute Gasteiger partial charge is 0.200 e. The van der Waals surface area contributed by atoms with Gasteiger partial charge in [0, 0.05) is 17.2 Å². The van der Waals surface area contributed by atoms with Gasteiger partial charge < -0.3 is 24.2 Å². The van der Waals surface area contributed by atoms with E-state index in [0.29, 0.717) is 0 Å². The highest BCUT2D eigenvalue weighted by Crippen LogP contribution is 2.37. The van der Waals surface area contributed by atoms with Gasteiger partial charge in [-0.1, -0.05) is 0 Å². The van der Waals surface area contributed by atoms with Crippen molar-refractivity contribution < 1.29 is 33.7 Å². The summed E-state index contributed by atoms with van der Waals surface area (Å²) in [6.07, 6.45) is 1.10. The molecule has 0 saturated carbocycles. The molecule has 9 heteroatoms. The molecule has 0 unspecified atom stereocenters. The second kappa shape index (κ2) is 7.56. The van der Waals surface area contributed by atoms with Crippen LogP contribution in [0.15, 0.2) is 61.1 Å². The van der Waals surface area contributed by atoms with E-state index < -0.39 is 33.9 Å². The fourth-order valence-electron chi connectivity index (χ4n) is 4.20. The number of fused-ring (bicyclic) bond motifs is 3. The van der Waals surface area contributed by atoms with E-state index >= 15 is 0 Å². The van der Waals surface area contributed by atoms with Gasteiger partial charge in [0.1, 0.15) is 28.8 Å². The Hall–Kier alpha value is -4.92. The number of phenolic OH excluding ortho intramolecular Hbond substituents is 3. The van der Waals surface area contributed by atoms with E-state index in [0.717, 1.165) is 18.4 Å². The Labute approximate surface area is 195 Å². The normalized spacial score (nSPS) is 11.4. The first-order chi connectivity index (χ1) is 16.6. The molecule has 9 nitrogen and oxygen atoms in total. The number of ketones is 2. The Morgan fingerprint density at radius 3 is 2.14 bits per heavy atom. The van der Waals surface area contributed by atoms with Crippen molar-refractivity contribution in [2.45, 2.75) is 13.8 Å². The number of hydrogen-bond donors (Lipinski definition) is 3. The SMILES string of the molecule is CC(=O)c1cc2c(=O)c3cc(O)c(O)cc3oc2c(C(C)=O)c1-c1coc2ccc(O)cc2c1=O. The molecular weight excluding hydrogens is 456 g/mol. The van der Waals surface area contributed by atoms with Gasteiger partial charge in [-0.15, -0.1) is 0 Å². The molecule has 0 bridgehead atoms. The van der Waals surface area contributed by atoms with Gasteiger partial charge >= 0.3 is 0 Å². The summed E-state index contributed by atoms with van der Waals surface area (Å²) in [5.41, 5.74) is -1.92. The van der Waals surface area contributed by atoms with Crippen molar-refractivity contribution in [3.05, 3.63) is 74.2 Å². The van der Waals surface area contributed by atoms with Crippen LogP contribution >= 0.6 is 0 Å². The zero-order valence-electron chi connectivity index (χ0n) is 18.3. The molecule has 0 aliphatic rings. The van der Waals surface area contributed by atoms with Crippen LogP contribution in [0, 0.1) is 0 Å². The molecule has 0 amide bonds. The minimum atomic E-state index is -0.649. The summed E-state index contributed by atoms with van der Waals surface area (Å²) in [4.78, 5) is 52.2. The third kappa shape index (κ3) is 3.24. The van der Waals surface area contributed by atoms with Crippen LogP contribution in [-0.4, -0.2) is 26.9 Å². The number of carbonyl (C=O) groups excluding carboxylic acids is 2. The van der Waals surface area contributed by atoms with Gasteiger partial charge in [-0.3, -0.25) is 19.2 Å². The van der Waals surface area contributed by atoms with Crippen LogP contribution in [0.3, 0.4) is 0 Å². The third-order valence-electron chi connectivity index (χ3n) is 5.81. The van der Waals surface area contributed by atoms with Gasteiger partial charge in [-0.25, -0.2) is 0 Å². The maximum Gasteiger partial charge on any atom is 0.200 e. The molecule has 0 aliphatic carbocycles. The highest BCUT2D eigenvalue weighted by Gasteiger charge is 2.27. The van der Waals surface area contributed by atoms with Crippen LogP contribution in [0.4, 0.5) is 0 Å². The van der Waals surface area contributed by atoms with Gasteiger partial charge in [-0.2, -0.15) is 0 Å². The molecule has 3 N–H and O–H groups in total. The Kier molecular flexibility index (Phi) is 4.73. The molecule has 0 spiro atoms. The summed E-state index contributed by atoms with van der Waals surface area (Å²) < 4.78 is 11.4. The monoisotopic (exact) mass is 472 g/mol. The summed E-state index contributed by atoms with van der Waals surface area (Å²) >= 11 is 0. The minimum absolute atomic E-state index is 0.0203. The predicted molar refractivity (Wildman–Crippen MR) is 126 cm³/mol. The Balaban J connectivity index is 2.02. The third-order valence-corrected chi connectivity index (χ3v) is 5.81. The van der Waals surface area contributed by atoms with Crippen LogP contribution in [0.25, 0.3) is 44.0 Å². The lowest BCUT2D eigenvalue weighted by Crippen LogP contribution is -2.14. The molecular formula is C26H16O9. The van der Waals surface area contributed by atoms with Crippen molar-refractivity contribution in [2.75, 3.05) is 0 Å². The van der Waals surface area contributed by atoms with Crippen molar-refractivity contribution in [2.24, 2.45) is 0 Å². The standard InChI is InChI=1S/C26H16O9/c1-10(27)13-6-16-24(32)15-7-18(30)19(31)8-21(15)35-26(16)22(11(2)28)23(13)17-9-34-20-4-3-12(29)5-14(20)25(17)33/h3-9,29-31H,1-2H3. The molecule has 3 aromatic carbocycles. The van der Waals surface area contributed by atoms with Crippen LogP contribution in [0.5, 0.6) is 17.2 Å². The van der Waals surface area contributed by atoms with Crippen molar-refractivity contribution in [3.8, 4) is 28.4 Å². The first-order valence-corrected chi connectivity index (χ1v) is 10.3. The Morgan fingerprint density at radius 2 is 1.46 bits per heavy atom. The van der Waals surface area contributed by atoms with Gasteiger partial charge in [0.05, 0.1) is 27.3 Å². The van der Waals surface area contributed by atoms with E-state index in [1.165, 1.54) is 38.1 Å². The summed E-state index contributed by atoms with van der Waals surface area (Å²) in [6, 6.07) is 7.23. The first kappa shape index (κ1) is 21.9. The number of phenols is 3. The van der Waals surface area contributed by atoms with Crippen LogP contribution < -0.4 is 10.9 Å². The van der Waals surface area contributed by atoms with E-state index in [1.54, 1.807) is 0 Å². The highest BCUT2D eigenvalue weighted by molar-refractivity contribution is 6.17. The molecule has 5 rings (SSSR count).